The Morgan fingerprint density at radius 3 is 2.61 bits per heavy atom. The van der Waals surface area contributed by atoms with Crippen LogP contribution in [0.4, 0.5) is 0 Å². The van der Waals surface area contributed by atoms with Crippen LogP contribution >= 0.6 is 27.3 Å². The number of ether oxygens (including phenoxy) is 1. The SMILES string of the molecule is O=S(=O)(NC1CCC(Oc2cnccn2)CC1)c1ccc(Br)s1. The minimum absolute atomic E-state index is 0.0532. The maximum Gasteiger partial charge on any atom is 0.250 e. The van der Waals surface area contributed by atoms with E-state index in [1.165, 1.54) is 11.3 Å². The molecular weight excluding hydrogens is 402 g/mol. The molecule has 1 saturated carbocycles. The molecule has 0 atom stereocenters. The van der Waals surface area contributed by atoms with Gasteiger partial charge in [-0.3, -0.25) is 4.98 Å². The molecule has 0 unspecified atom stereocenters. The molecule has 1 aliphatic rings. The quantitative estimate of drug-likeness (QED) is 0.808. The summed E-state index contributed by atoms with van der Waals surface area (Å²) in [5.41, 5.74) is 0. The molecule has 2 heterocycles. The zero-order valence-corrected chi connectivity index (χ0v) is 15.4. The standard InChI is InChI=1S/C14H16BrN3O3S2/c15-12-5-6-14(22-12)23(19,20)18-10-1-3-11(4-2-10)21-13-9-16-7-8-17-13/h5-11,18H,1-4H2. The average molecular weight is 418 g/mol. The van der Waals surface area contributed by atoms with Crippen LogP contribution < -0.4 is 9.46 Å². The topological polar surface area (TPSA) is 81.2 Å². The summed E-state index contributed by atoms with van der Waals surface area (Å²) >= 11 is 4.50. The predicted octanol–water partition coefficient (Wildman–Crippen LogP) is 2.97. The smallest absolute Gasteiger partial charge is 0.250 e. The first kappa shape index (κ1) is 16.8. The first-order valence-corrected chi connectivity index (χ1v) is 10.3. The van der Waals surface area contributed by atoms with Crippen LogP contribution in [0, 0.1) is 0 Å². The summed E-state index contributed by atoms with van der Waals surface area (Å²) in [6, 6.07) is 3.30. The van der Waals surface area contributed by atoms with Gasteiger partial charge in [-0.05, 0) is 53.7 Å². The summed E-state index contributed by atoms with van der Waals surface area (Å²) in [6.07, 6.45) is 7.91. The summed E-state index contributed by atoms with van der Waals surface area (Å²) in [7, 11) is -3.44. The third-order valence-corrected chi connectivity index (χ3v) is 7.27. The van der Waals surface area contributed by atoms with Crippen LogP contribution in [0.5, 0.6) is 5.88 Å². The van der Waals surface area contributed by atoms with Gasteiger partial charge in [0.1, 0.15) is 10.3 Å². The highest BCUT2D eigenvalue weighted by Gasteiger charge is 2.27. The first-order valence-electron chi connectivity index (χ1n) is 7.23. The Kier molecular flexibility index (Phi) is 5.30. The highest BCUT2D eigenvalue weighted by Crippen LogP contribution is 2.28. The lowest BCUT2D eigenvalue weighted by Crippen LogP contribution is -2.39. The Balaban J connectivity index is 1.53. The number of rotatable bonds is 5. The van der Waals surface area contributed by atoms with Crippen LogP contribution in [0.25, 0.3) is 0 Å². The fourth-order valence-corrected chi connectivity index (χ4v) is 5.87. The molecule has 0 amide bonds. The van der Waals surface area contributed by atoms with E-state index in [4.69, 9.17) is 4.74 Å². The van der Waals surface area contributed by atoms with Crippen LogP contribution in [0.15, 0.2) is 38.7 Å². The van der Waals surface area contributed by atoms with Crippen LogP contribution in [0.3, 0.4) is 0 Å². The van der Waals surface area contributed by atoms with Crippen molar-refractivity contribution in [1.29, 1.82) is 0 Å². The summed E-state index contributed by atoms with van der Waals surface area (Å²) < 4.78 is 34.3. The summed E-state index contributed by atoms with van der Waals surface area (Å²) in [4.78, 5) is 8.06. The van der Waals surface area contributed by atoms with Gasteiger partial charge in [0.05, 0.1) is 9.98 Å². The lowest BCUT2D eigenvalue weighted by molar-refractivity contribution is 0.138. The lowest BCUT2D eigenvalue weighted by atomic mass is 9.94. The molecule has 6 nitrogen and oxygen atoms in total. The van der Waals surface area contributed by atoms with Crippen molar-refractivity contribution in [1.82, 2.24) is 14.7 Å². The Labute approximate surface area is 147 Å². The summed E-state index contributed by atoms with van der Waals surface area (Å²) in [5.74, 6) is 0.514. The van der Waals surface area contributed by atoms with Gasteiger partial charge in [0.25, 0.3) is 0 Å². The van der Waals surface area contributed by atoms with Gasteiger partial charge in [-0.25, -0.2) is 18.1 Å². The highest BCUT2D eigenvalue weighted by molar-refractivity contribution is 9.11. The summed E-state index contributed by atoms with van der Waals surface area (Å²) in [5, 5.41) is 0. The van der Waals surface area contributed by atoms with E-state index in [2.05, 4.69) is 30.6 Å². The van der Waals surface area contributed by atoms with Crippen molar-refractivity contribution in [3.63, 3.8) is 0 Å². The van der Waals surface area contributed by atoms with Crippen molar-refractivity contribution in [2.45, 2.75) is 42.0 Å². The van der Waals surface area contributed by atoms with Crippen LogP contribution in [0.2, 0.25) is 0 Å². The van der Waals surface area contributed by atoms with E-state index in [-0.39, 0.29) is 12.1 Å². The van der Waals surface area contributed by atoms with Crippen molar-refractivity contribution in [2.24, 2.45) is 0 Å². The molecule has 0 radical (unpaired) electrons. The van der Waals surface area contributed by atoms with E-state index in [9.17, 15) is 8.42 Å². The minimum Gasteiger partial charge on any atom is -0.473 e. The number of nitrogens with one attached hydrogen (secondary N) is 1. The van der Waals surface area contributed by atoms with E-state index >= 15 is 0 Å². The highest BCUT2D eigenvalue weighted by atomic mass is 79.9. The summed E-state index contributed by atoms with van der Waals surface area (Å²) in [6.45, 7) is 0. The Hall–Kier alpha value is -1.03. The second-order valence-electron chi connectivity index (χ2n) is 5.31. The molecule has 23 heavy (non-hydrogen) atoms. The van der Waals surface area contributed by atoms with Crippen molar-refractivity contribution in [2.75, 3.05) is 0 Å². The molecule has 0 aromatic carbocycles. The van der Waals surface area contributed by atoms with Gasteiger partial charge >= 0.3 is 0 Å². The molecule has 0 aliphatic heterocycles. The van der Waals surface area contributed by atoms with E-state index in [1.54, 1.807) is 30.7 Å². The van der Waals surface area contributed by atoms with E-state index in [0.29, 0.717) is 10.1 Å². The predicted molar refractivity (Wildman–Crippen MR) is 91.0 cm³/mol. The normalized spacial score (nSPS) is 22.0. The van der Waals surface area contributed by atoms with Crippen molar-refractivity contribution in [3.05, 3.63) is 34.5 Å². The molecule has 1 fully saturated rings. The molecule has 2 aromatic heterocycles. The van der Waals surface area contributed by atoms with Gasteiger partial charge in [0, 0.05) is 18.4 Å². The number of thiophene rings is 1. The van der Waals surface area contributed by atoms with Gasteiger partial charge < -0.3 is 4.74 Å². The second-order valence-corrected chi connectivity index (χ2v) is 9.72. The fraction of sp³-hybridized carbons (Fsp3) is 0.429. The first-order chi connectivity index (χ1) is 11.0. The molecule has 124 valence electrons. The van der Waals surface area contributed by atoms with E-state index < -0.39 is 10.0 Å². The van der Waals surface area contributed by atoms with E-state index in [0.717, 1.165) is 29.5 Å². The average Bonchev–Trinajstić information content (AvgIpc) is 2.98. The number of aromatic nitrogens is 2. The van der Waals surface area contributed by atoms with Crippen LogP contribution in [-0.4, -0.2) is 30.5 Å². The molecule has 0 bridgehead atoms. The van der Waals surface area contributed by atoms with Crippen molar-refractivity contribution in [3.8, 4) is 5.88 Å². The van der Waals surface area contributed by atoms with Gasteiger partial charge in [0.15, 0.2) is 0 Å². The van der Waals surface area contributed by atoms with Crippen molar-refractivity contribution >= 4 is 37.3 Å². The maximum absolute atomic E-state index is 12.3. The molecule has 1 aliphatic carbocycles. The molecule has 0 saturated heterocycles. The maximum atomic E-state index is 12.3. The van der Waals surface area contributed by atoms with Gasteiger partial charge in [-0.15, -0.1) is 11.3 Å². The minimum atomic E-state index is -3.44. The van der Waals surface area contributed by atoms with Gasteiger partial charge in [-0.2, -0.15) is 0 Å². The number of hydrogen-bond acceptors (Lipinski definition) is 6. The Morgan fingerprint density at radius 2 is 2.00 bits per heavy atom. The monoisotopic (exact) mass is 417 g/mol. The van der Waals surface area contributed by atoms with Gasteiger partial charge in [0.2, 0.25) is 15.9 Å². The largest absolute Gasteiger partial charge is 0.473 e. The third kappa shape index (κ3) is 4.50. The van der Waals surface area contributed by atoms with Crippen LogP contribution in [0.1, 0.15) is 25.7 Å². The molecular formula is C14H16BrN3O3S2. The molecule has 9 heteroatoms. The molecule has 0 spiro atoms. The Morgan fingerprint density at radius 1 is 1.22 bits per heavy atom. The molecule has 2 aromatic rings. The number of hydrogen-bond donors (Lipinski definition) is 1. The van der Waals surface area contributed by atoms with Gasteiger partial charge in [-0.1, -0.05) is 0 Å². The third-order valence-electron chi connectivity index (χ3n) is 3.64. The van der Waals surface area contributed by atoms with Crippen molar-refractivity contribution < 1.29 is 13.2 Å². The number of sulfonamides is 1. The number of nitrogens with zero attached hydrogens (tertiary/aromatic N) is 2. The number of halogens is 1. The zero-order valence-electron chi connectivity index (χ0n) is 12.2. The second kappa shape index (κ2) is 7.25. The lowest BCUT2D eigenvalue weighted by Gasteiger charge is -2.28. The van der Waals surface area contributed by atoms with E-state index in [1.807, 2.05) is 0 Å². The molecule has 3 rings (SSSR count). The Bertz CT molecular complexity index is 744. The fourth-order valence-electron chi connectivity index (χ4n) is 2.54. The zero-order chi connectivity index (χ0) is 16.3. The van der Waals surface area contributed by atoms with Crippen LogP contribution in [-0.2, 0) is 10.0 Å². The molecule has 1 N–H and O–H groups in total.